The quantitative estimate of drug-likeness (QED) is 0.640. The maximum atomic E-state index is 12.1. The number of aryl methyl sites for hydroxylation is 1. The van der Waals surface area contributed by atoms with Gasteiger partial charge < -0.3 is 19.4 Å². The Kier molecular flexibility index (Phi) is 6.68. The summed E-state index contributed by atoms with van der Waals surface area (Å²) in [5.74, 6) is 0.915. The van der Waals surface area contributed by atoms with Gasteiger partial charge >= 0.3 is 0 Å². The molecule has 6 nitrogen and oxygen atoms in total. The van der Waals surface area contributed by atoms with E-state index in [2.05, 4.69) is 5.32 Å². The summed E-state index contributed by atoms with van der Waals surface area (Å²) in [5.41, 5.74) is 2.83. The maximum Gasteiger partial charge on any atom is 0.258 e. The standard InChI is InChI=1S/C23H24N2O4/c1-17-14-21(28-2)15-23(27)25(17)13-12-24-22(26)16-29-20-10-8-19(9-11-20)18-6-4-3-5-7-18/h3-11,14-15H,12-13,16H2,1-2H3,(H,24,26). The highest BCUT2D eigenvalue weighted by Gasteiger charge is 2.06. The summed E-state index contributed by atoms with van der Waals surface area (Å²) < 4.78 is 12.2. The number of aromatic nitrogens is 1. The van der Waals surface area contributed by atoms with Crippen LogP contribution in [0.2, 0.25) is 0 Å². The number of carbonyl (C=O) groups excluding carboxylic acids is 1. The molecule has 0 bridgehead atoms. The molecule has 0 saturated heterocycles. The summed E-state index contributed by atoms with van der Waals surface area (Å²) in [6.07, 6.45) is 0. The van der Waals surface area contributed by atoms with Gasteiger partial charge in [-0.05, 0) is 36.2 Å². The van der Waals surface area contributed by atoms with Crippen LogP contribution in [-0.4, -0.2) is 30.7 Å². The first-order chi connectivity index (χ1) is 14.1. The molecule has 0 aliphatic rings. The lowest BCUT2D eigenvalue weighted by molar-refractivity contribution is -0.123. The van der Waals surface area contributed by atoms with Crippen LogP contribution in [0.15, 0.2) is 71.5 Å². The minimum absolute atomic E-state index is 0.0822. The van der Waals surface area contributed by atoms with Crippen molar-refractivity contribution < 1.29 is 14.3 Å². The molecule has 0 unspecified atom stereocenters. The molecule has 0 atom stereocenters. The summed E-state index contributed by atoms with van der Waals surface area (Å²) in [6.45, 7) is 2.46. The second-order valence-electron chi connectivity index (χ2n) is 6.56. The monoisotopic (exact) mass is 392 g/mol. The molecule has 1 N–H and O–H groups in total. The normalized spacial score (nSPS) is 10.4. The Morgan fingerprint density at radius 1 is 0.966 bits per heavy atom. The first kappa shape index (κ1) is 20.2. The zero-order valence-electron chi connectivity index (χ0n) is 16.6. The number of nitrogens with zero attached hydrogens (tertiary/aromatic N) is 1. The van der Waals surface area contributed by atoms with E-state index in [1.807, 2.05) is 61.5 Å². The van der Waals surface area contributed by atoms with E-state index < -0.39 is 0 Å². The van der Waals surface area contributed by atoms with E-state index >= 15 is 0 Å². The molecule has 3 rings (SSSR count). The van der Waals surface area contributed by atoms with Gasteiger partial charge in [0.15, 0.2) is 6.61 Å². The van der Waals surface area contributed by atoms with Crippen LogP contribution >= 0.6 is 0 Å². The van der Waals surface area contributed by atoms with Crippen molar-refractivity contribution in [3.8, 4) is 22.6 Å². The average Bonchev–Trinajstić information content (AvgIpc) is 2.75. The molecular weight excluding hydrogens is 368 g/mol. The molecule has 2 aromatic carbocycles. The van der Waals surface area contributed by atoms with Gasteiger partial charge in [-0.2, -0.15) is 0 Å². The van der Waals surface area contributed by atoms with Gasteiger partial charge in [-0.1, -0.05) is 42.5 Å². The second kappa shape index (κ2) is 9.59. The fourth-order valence-corrected chi connectivity index (χ4v) is 2.98. The Labute approximate surface area is 169 Å². The van der Waals surface area contributed by atoms with Crippen molar-refractivity contribution in [3.63, 3.8) is 0 Å². The summed E-state index contributed by atoms with van der Waals surface area (Å²) in [4.78, 5) is 24.1. The fourth-order valence-electron chi connectivity index (χ4n) is 2.98. The number of amides is 1. The highest BCUT2D eigenvalue weighted by Crippen LogP contribution is 2.21. The largest absolute Gasteiger partial charge is 0.496 e. The van der Waals surface area contributed by atoms with Gasteiger partial charge in [-0.25, -0.2) is 0 Å². The zero-order chi connectivity index (χ0) is 20.6. The Morgan fingerprint density at radius 2 is 1.66 bits per heavy atom. The van der Waals surface area contributed by atoms with Crippen LogP contribution in [0.25, 0.3) is 11.1 Å². The smallest absolute Gasteiger partial charge is 0.258 e. The first-order valence-electron chi connectivity index (χ1n) is 9.37. The molecule has 0 saturated carbocycles. The highest BCUT2D eigenvalue weighted by molar-refractivity contribution is 5.77. The van der Waals surface area contributed by atoms with Gasteiger partial charge in [0.2, 0.25) is 0 Å². The number of methoxy groups -OCH3 is 1. The van der Waals surface area contributed by atoms with Crippen molar-refractivity contribution in [1.29, 1.82) is 0 Å². The van der Waals surface area contributed by atoms with Crippen LogP contribution in [0.1, 0.15) is 5.69 Å². The van der Waals surface area contributed by atoms with Gasteiger partial charge in [0.1, 0.15) is 11.5 Å². The number of ether oxygens (including phenoxy) is 2. The van der Waals surface area contributed by atoms with E-state index in [1.54, 1.807) is 10.6 Å². The van der Waals surface area contributed by atoms with E-state index in [9.17, 15) is 9.59 Å². The summed E-state index contributed by atoms with van der Waals surface area (Å²) >= 11 is 0. The van der Waals surface area contributed by atoms with Crippen molar-refractivity contribution in [1.82, 2.24) is 9.88 Å². The van der Waals surface area contributed by atoms with Crippen LogP contribution in [-0.2, 0) is 11.3 Å². The van der Waals surface area contributed by atoms with Crippen LogP contribution in [0.4, 0.5) is 0 Å². The summed E-state index contributed by atoms with van der Waals surface area (Å²) in [6, 6.07) is 20.9. The van der Waals surface area contributed by atoms with Crippen LogP contribution < -0.4 is 20.3 Å². The number of carbonyl (C=O) groups is 1. The lowest BCUT2D eigenvalue weighted by atomic mass is 10.1. The molecule has 1 amide bonds. The minimum atomic E-state index is -0.239. The second-order valence-corrected chi connectivity index (χ2v) is 6.56. The Balaban J connectivity index is 1.46. The first-order valence-corrected chi connectivity index (χ1v) is 9.37. The fraction of sp³-hybridized carbons (Fsp3) is 0.217. The topological polar surface area (TPSA) is 69.6 Å². The minimum Gasteiger partial charge on any atom is -0.496 e. The molecule has 1 aromatic heterocycles. The third kappa shape index (κ3) is 5.48. The van der Waals surface area contributed by atoms with Gasteiger partial charge in [0.25, 0.3) is 11.5 Å². The number of rotatable bonds is 8. The van der Waals surface area contributed by atoms with Gasteiger partial charge in [0, 0.05) is 24.8 Å². The van der Waals surface area contributed by atoms with Crippen molar-refractivity contribution >= 4 is 5.91 Å². The van der Waals surface area contributed by atoms with Crippen LogP contribution in [0.5, 0.6) is 11.5 Å². The van der Waals surface area contributed by atoms with Crippen molar-refractivity contribution in [3.05, 3.63) is 82.8 Å². The maximum absolute atomic E-state index is 12.1. The molecule has 150 valence electrons. The predicted molar refractivity (Wildman–Crippen MR) is 112 cm³/mol. The lowest BCUT2D eigenvalue weighted by Gasteiger charge is -2.12. The van der Waals surface area contributed by atoms with E-state index in [0.29, 0.717) is 24.6 Å². The lowest BCUT2D eigenvalue weighted by Crippen LogP contribution is -2.34. The Hall–Kier alpha value is -3.54. The summed E-state index contributed by atoms with van der Waals surface area (Å²) in [7, 11) is 1.52. The number of nitrogens with one attached hydrogen (secondary N) is 1. The Morgan fingerprint density at radius 3 is 2.31 bits per heavy atom. The summed E-state index contributed by atoms with van der Waals surface area (Å²) in [5, 5.41) is 2.77. The third-order valence-corrected chi connectivity index (χ3v) is 4.53. The van der Waals surface area contributed by atoms with E-state index in [1.165, 1.54) is 13.2 Å². The predicted octanol–water partition coefficient (Wildman–Crippen LogP) is 3.03. The van der Waals surface area contributed by atoms with Gasteiger partial charge in [-0.15, -0.1) is 0 Å². The van der Waals surface area contributed by atoms with Crippen molar-refractivity contribution in [2.45, 2.75) is 13.5 Å². The van der Waals surface area contributed by atoms with Gasteiger partial charge in [0.05, 0.1) is 7.11 Å². The molecule has 0 fully saturated rings. The number of hydrogen-bond acceptors (Lipinski definition) is 4. The van der Waals surface area contributed by atoms with Crippen LogP contribution in [0, 0.1) is 6.92 Å². The third-order valence-electron chi connectivity index (χ3n) is 4.53. The SMILES string of the molecule is COc1cc(C)n(CCNC(=O)COc2ccc(-c3ccccc3)cc2)c(=O)c1. The molecule has 0 spiro atoms. The van der Waals surface area contributed by atoms with E-state index in [-0.39, 0.29) is 18.1 Å². The molecule has 1 heterocycles. The Bertz CT molecular complexity index is 1010. The highest BCUT2D eigenvalue weighted by atomic mass is 16.5. The molecule has 29 heavy (non-hydrogen) atoms. The number of benzene rings is 2. The molecule has 0 aliphatic heterocycles. The van der Waals surface area contributed by atoms with Gasteiger partial charge in [-0.3, -0.25) is 9.59 Å². The van der Waals surface area contributed by atoms with E-state index in [0.717, 1.165) is 16.8 Å². The van der Waals surface area contributed by atoms with Crippen LogP contribution in [0.3, 0.4) is 0 Å². The number of hydrogen-bond donors (Lipinski definition) is 1. The number of pyridine rings is 1. The van der Waals surface area contributed by atoms with Crippen molar-refractivity contribution in [2.24, 2.45) is 0 Å². The molecule has 0 aliphatic carbocycles. The molecule has 6 heteroatoms. The van der Waals surface area contributed by atoms with E-state index in [4.69, 9.17) is 9.47 Å². The zero-order valence-corrected chi connectivity index (χ0v) is 16.6. The molecule has 0 radical (unpaired) electrons. The molecule has 3 aromatic rings. The van der Waals surface area contributed by atoms with Crippen molar-refractivity contribution in [2.75, 3.05) is 20.3 Å². The molecular formula is C23H24N2O4. The average molecular weight is 392 g/mol.